The van der Waals surface area contributed by atoms with Gasteiger partial charge in [-0.25, -0.2) is 4.98 Å². The number of carbonyl (C=O) groups excluding carboxylic acids is 1. The zero-order chi connectivity index (χ0) is 18.0. The van der Waals surface area contributed by atoms with Crippen LogP contribution in [0.5, 0.6) is 5.75 Å². The smallest absolute Gasteiger partial charge is 0.256 e. The third kappa shape index (κ3) is 3.84. The second kappa shape index (κ2) is 7.52. The lowest BCUT2D eigenvalue weighted by Crippen LogP contribution is -2.25. The largest absolute Gasteiger partial charge is 0.505 e. The highest BCUT2D eigenvalue weighted by Crippen LogP contribution is 2.38. The summed E-state index contributed by atoms with van der Waals surface area (Å²) in [5.41, 5.74) is 1.77. The molecule has 1 aromatic heterocycles. The Kier molecular flexibility index (Phi) is 5.37. The first-order valence-electron chi connectivity index (χ1n) is 7.55. The van der Waals surface area contributed by atoms with Crippen LogP contribution in [0.3, 0.4) is 0 Å². The van der Waals surface area contributed by atoms with Gasteiger partial charge in [0, 0.05) is 13.0 Å². The molecule has 5 nitrogen and oxygen atoms in total. The number of amides is 1. The van der Waals surface area contributed by atoms with E-state index in [0.29, 0.717) is 19.4 Å². The zero-order valence-corrected chi connectivity index (χ0v) is 15.2. The van der Waals surface area contributed by atoms with Gasteiger partial charge in [0.15, 0.2) is 0 Å². The van der Waals surface area contributed by atoms with Gasteiger partial charge in [-0.2, -0.15) is 0 Å². The van der Waals surface area contributed by atoms with Crippen LogP contribution < -0.4 is 5.32 Å². The Hall–Kier alpha value is -1.95. The first-order chi connectivity index (χ1) is 12.0. The van der Waals surface area contributed by atoms with Gasteiger partial charge in [0.25, 0.3) is 5.91 Å². The molecule has 0 aliphatic rings. The van der Waals surface area contributed by atoms with Gasteiger partial charge in [0.2, 0.25) is 0 Å². The lowest BCUT2D eigenvalue weighted by molar-refractivity contribution is 0.0950. The van der Waals surface area contributed by atoms with Gasteiger partial charge in [-0.1, -0.05) is 46.9 Å². The van der Waals surface area contributed by atoms with Gasteiger partial charge in [0.05, 0.1) is 26.1 Å². The maximum absolute atomic E-state index is 12.2. The molecule has 2 aromatic carbocycles. The minimum absolute atomic E-state index is 0.0261. The molecule has 0 unspecified atom stereocenters. The van der Waals surface area contributed by atoms with Gasteiger partial charge in [-0.3, -0.25) is 4.79 Å². The number of phenolic OH excluding ortho intramolecular Hbond substituents is 1. The van der Waals surface area contributed by atoms with Gasteiger partial charge in [-0.05, 0) is 24.6 Å². The number of imidazole rings is 1. The fourth-order valence-electron chi connectivity index (χ4n) is 2.46. The number of rotatable bonds is 5. The fraction of sp³-hybridized carbons (Fsp3) is 0.176. The molecule has 0 aliphatic heterocycles. The van der Waals surface area contributed by atoms with Crippen molar-refractivity contribution in [2.75, 3.05) is 6.54 Å². The Labute approximate surface area is 158 Å². The molecule has 3 N–H and O–H groups in total. The van der Waals surface area contributed by atoms with Crippen molar-refractivity contribution in [3.8, 4) is 5.75 Å². The Morgan fingerprint density at radius 3 is 2.72 bits per heavy atom. The third-order valence-corrected chi connectivity index (χ3v) is 4.76. The van der Waals surface area contributed by atoms with Crippen LogP contribution in [0.4, 0.5) is 0 Å². The van der Waals surface area contributed by atoms with Crippen LogP contribution in [0.2, 0.25) is 15.1 Å². The van der Waals surface area contributed by atoms with E-state index in [2.05, 4.69) is 15.3 Å². The summed E-state index contributed by atoms with van der Waals surface area (Å²) < 4.78 is 0. The summed E-state index contributed by atoms with van der Waals surface area (Å²) in [5.74, 6) is -0.0653. The monoisotopic (exact) mass is 397 g/mol. The highest BCUT2D eigenvalue weighted by Gasteiger charge is 2.20. The number of hydrogen-bond acceptors (Lipinski definition) is 3. The lowest BCUT2D eigenvalue weighted by Gasteiger charge is -2.10. The topological polar surface area (TPSA) is 78.0 Å². The molecule has 0 bridgehead atoms. The SMILES string of the molecule is O=C(NCCCc1nc2ccccc2[nH]1)c1c(O)c(Cl)cc(Cl)c1Cl. The van der Waals surface area contributed by atoms with Crippen LogP contribution in [0, 0.1) is 0 Å². The number of aromatic hydroxyl groups is 1. The number of phenols is 1. The number of hydrogen-bond donors (Lipinski definition) is 3. The summed E-state index contributed by atoms with van der Waals surface area (Å²) in [4.78, 5) is 20.0. The highest BCUT2D eigenvalue weighted by molar-refractivity contribution is 6.45. The van der Waals surface area contributed by atoms with E-state index < -0.39 is 5.91 Å². The minimum Gasteiger partial charge on any atom is -0.505 e. The minimum atomic E-state index is -0.531. The first kappa shape index (κ1) is 17.9. The molecule has 0 atom stereocenters. The quantitative estimate of drug-likeness (QED) is 0.434. The zero-order valence-electron chi connectivity index (χ0n) is 12.9. The molecule has 25 heavy (non-hydrogen) atoms. The molecule has 0 saturated carbocycles. The molecule has 8 heteroatoms. The van der Waals surface area contributed by atoms with Crippen molar-refractivity contribution in [1.29, 1.82) is 0 Å². The maximum Gasteiger partial charge on any atom is 0.256 e. The number of aromatic amines is 1. The Morgan fingerprint density at radius 2 is 1.96 bits per heavy atom. The van der Waals surface area contributed by atoms with Crippen molar-refractivity contribution < 1.29 is 9.90 Å². The number of nitrogens with one attached hydrogen (secondary N) is 2. The van der Waals surface area contributed by atoms with E-state index in [0.717, 1.165) is 16.9 Å². The number of benzene rings is 2. The maximum atomic E-state index is 12.2. The second-order valence-electron chi connectivity index (χ2n) is 5.44. The van der Waals surface area contributed by atoms with E-state index in [4.69, 9.17) is 34.8 Å². The van der Waals surface area contributed by atoms with Crippen molar-refractivity contribution in [3.63, 3.8) is 0 Å². The molecule has 0 aliphatic carbocycles. The number of aromatic nitrogens is 2. The number of halogens is 3. The molecular formula is C17H14Cl3N3O2. The standard InChI is InChI=1S/C17H14Cl3N3O2/c18-9-8-10(19)16(24)14(15(9)20)17(25)21-7-3-6-13-22-11-4-1-2-5-12(11)23-13/h1-2,4-5,8,24H,3,6-7H2,(H,21,25)(H,22,23). The number of fused-ring (bicyclic) bond motifs is 1. The molecule has 0 fully saturated rings. The highest BCUT2D eigenvalue weighted by atomic mass is 35.5. The fourth-order valence-corrected chi connectivity index (χ4v) is 3.16. The van der Waals surface area contributed by atoms with E-state index in [1.807, 2.05) is 24.3 Å². The second-order valence-corrected chi connectivity index (χ2v) is 6.63. The van der Waals surface area contributed by atoms with Crippen LogP contribution in [0.25, 0.3) is 11.0 Å². The summed E-state index contributed by atoms with van der Waals surface area (Å²) in [5, 5.41) is 12.7. The first-order valence-corrected chi connectivity index (χ1v) is 8.69. The van der Waals surface area contributed by atoms with E-state index in [9.17, 15) is 9.90 Å². The van der Waals surface area contributed by atoms with Crippen LogP contribution >= 0.6 is 34.8 Å². The number of para-hydroxylation sites is 2. The number of nitrogens with zero attached hydrogens (tertiary/aromatic N) is 1. The molecule has 1 amide bonds. The molecule has 0 saturated heterocycles. The Morgan fingerprint density at radius 1 is 1.20 bits per heavy atom. The Balaban J connectivity index is 1.60. The lowest BCUT2D eigenvalue weighted by atomic mass is 10.1. The summed E-state index contributed by atoms with van der Waals surface area (Å²) in [6, 6.07) is 9.06. The predicted molar refractivity (Wildman–Crippen MR) is 99.9 cm³/mol. The van der Waals surface area contributed by atoms with Crippen molar-refractivity contribution in [3.05, 3.63) is 56.8 Å². The van der Waals surface area contributed by atoms with E-state index in [1.165, 1.54) is 6.07 Å². The van der Waals surface area contributed by atoms with E-state index >= 15 is 0 Å². The normalized spacial score (nSPS) is 11.0. The van der Waals surface area contributed by atoms with Crippen molar-refractivity contribution >= 4 is 51.7 Å². The molecule has 0 spiro atoms. The number of aryl methyl sites for hydroxylation is 1. The molecule has 1 heterocycles. The van der Waals surface area contributed by atoms with Crippen LogP contribution in [-0.4, -0.2) is 27.5 Å². The summed E-state index contributed by atoms with van der Waals surface area (Å²) in [6.45, 7) is 0.385. The van der Waals surface area contributed by atoms with E-state index in [1.54, 1.807) is 0 Å². The van der Waals surface area contributed by atoms with Crippen LogP contribution in [0.1, 0.15) is 22.6 Å². The molecule has 3 aromatic rings. The van der Waals surface area contributed by atoms with Crippen molar-refractivity contribution in [2.45, 2.75) is 12.8 Å². The summed E-state index contributed by atoms with van der Waals surface area (Å²) in [7, 11) is 0. The average Bonchev–Trinajstić information content (AvgIpc) is 3.00. The molecular weight excluding hydrogens is 385 g/mol. The van der Waals surface area contributed by atoms with Crippen molar-refractivity contribution in [2.24, 2.45) is 0 Å². The molecule has 130 valence electrons. The van der Waals surface area contributed by atoms with Gasteiger partial charge in [-0.15, -0.1) is 0 Å². The van der Waals surface area contributed by atoms with Crippen LogP contribution in [-0.2, 0) is 6.42 Å². The third-order valence-electron chi connectivity index (χ3n) is 3.69. The van der Waals surface area contributed by atoms with Gasteiger partial charge in [0.1, 0.15) is 17.1 Å². The van der Waals surface area contributed by atoms with E-state index in [-0.39, 0.29) is 26.4 Å². The Bertz CT molecular complexity index is 881. The number of H-pyrrole nitrogens is 1. The van der Waals surface area contributed by atoms with Crippen LogP contribution in [0.15, 0.2) is 30.3 Å². The predicted octanol–water partition coefficient (Wildman–Crippen LogP) is 4.59. The van der Waals surface area contributed by atoms with Crippen molar-refractivity contribution in [1.82, 2.24) is 15.3 Å². The summed E-state index contributed by atoms with van der Waals surface area (Å²) >= 11 is 17.7. The molecule has 3 rings (SSSR count). The van der Waals surface area contributed by atoms with Gasteiger partial charge < -0.3 is 15.4 Å². The molecule has 0 radical (unpaired) electrons. The average molecular weight is 399 g/mol. The summed E-state index contributed by atoms with van der Waals surface area (Å²) in [6.07, 6.45) is 1.34. The number of carbonyl (C=O) groups is 1. The van der Waals surface area contributed by atoms with Gasteiger partial charge >= 0.3 is 0 Å².